The van der Waals surface area contributed by atoms with E-state index in [4.69, 9.17) is 0 Å². The highest BCUT2D eigenvalue weighted by Crippen LogP contribution is 2.06. The number of hydrazone groups is 1. The van der Waals surface area contributed by atoms with Crippen LogP contribution in [-0.2, 0) is 4.79 Å². The van der Waals surface area contributed by atoms with Crippen LogP contribution >= 0.6 is 0 Å². The molecular formula is C15H23N3O. The summed E-state index contributed by atoms with van der Waals surface area (Å²) >= 11 is 0. The Morgan fingerprint density at radius 1 is 1.21 bits per heavy atom. The lowest BCUT2D eigenvalue weighted by molar-refractivity contribution is -0.121. The van der Waals surface area contributed by atoms with Crippen molar-refractivity contribution in [2.75, 3.05) is 0 Å². The molecule has 0 spiro atoms. The number of carbonyl (C=O) groups excluding carboxylic acids is 1. The van der Waals surface area contributed by atoms with Crippen LogP contribution in [0.1, 0.15) is 57.4 Å². The van der Waals surface area contributed by atoms with Gasteiger partial charge in [0.2, 0.25) is 5.91 Å². The third-order valence-electron chi connectivity index (χ3n) is 2.87. The molecule has 1 amide bonds. The predicted octanol–water partition coefficient (Wildman–Crippen LogP) is 3.28. The third kappa shape index (κ3) is 8.08. The van der Waals surface area contributed by atoms with Crippen molar-refractivity contribution < 1.29 is 4.79 Å². The van der Waals surface area contributed by atoms with Gasteiger partial charge in [-0.2, -0.15) is 5.10 Å². The molecule has 0 aliphatic carbocycles. The molecule has 104 valence electrons. The maximum absolute atomic E-state index is 11.5. The van der Waals surface area contributed by atoms with Crippen LogP contribution in [0, 0.1) is 0 Å². The number of nitrogens with one attached hydrogen (secondary N) is 1. The quantitative estimate of drug-likeness (QED) is 0.421. The second-order valence-electron chi connectivity index (χ2n) is 4.59. The number of carbonyl (C=O) groups is 1. The van der Waals surface area contributed by atoms with E-state index in [0.29, 0.717) is 6.42 Å². The first kappa shape index (κ1) is 15.3. The third-order valence-corrected chi connectivity index (χ3v) is 2.87. The Morgan fingerprint density at radius 2 is 1.89 bits per heavy atom. The van der Waals surface area contributed by atoms with Gasteiger partial charge in [0.15, 0.2) is 0 Å². The molecule has 1 N–H and O–H groups in total. The van der Waals surface area contributed by atoms with E-state index in [-0.39, 0.29) is 5.91 Å². The van der Waals surface area contributed by atoms with Gasteiger partial charge in [-0.25, -0.2) is 5.43 Å². The van der Waals surface area contributed by atoms with Gasteiger partial charge in [0, 0.05) is 18.8 Å². The first-order chi connectivity index (χ1) is 9.33. The average Bonchev–Trinajstić information content (AvgIpc) is 2.44. The fourth-order valence-corrected chi connectivity index (χ4v) is 1.75. The van der Waals surface area contributed by atoms with E-state index >= 15 is 0 Å². The topological polar surface area (TPSA) is 54.4 Å². The van der Waals surface area contributed by atoms with Crippen molar-refractivity contribution in [2.45, 2.75) is 51.9 Å². The Kier molecular flexibility index (Phi) is 8.27. The molecule has 4 heteroatoms. The lowest BCUT2D eigenvalue weighted by Crippen LogP contribution is -2.16. The summed E-state index contributed by atoms with van der Waals surface area (Å²) in [4.78, 5) is 15.4. The van der Waals surface area contributed by atoms with Crippen LogP contribution in [0.2, 0.25) is 0 Å². The lowest BCUT2D eigenvalue weighted by Gasteiger charge is -2.00. The maximum atomic E-state index is 11.5. The van der Waals surface area contributed by atoms with Crippen molar-refractivity contribution in [1.29, 1.82) is 0 Å². The average molecular weight is 261 g/mol. The van der Waals surface area contributed by atoms with Crippen molar-refractivity contribution in [3.05, 3.63) is 30.1 Å². The molecule has 0 aliphatic heterocycles. The van der Waals surface area contributed by atoms with E-state index in [0.717, 1.165) is 18.4 Å². The molecule has 1 rings (SSSR count). The van der Waals surface area contributed by atoms with Crippen LogP contribution in [0.3, 0.4) is 0 Å². The van der Waals surface area contributed by atoms with E-state index < -0.39 is 0 Å². The molecule has 0 saturated heterocycles. The van der Waals surface area contributed by atoms with Gasteiger partial charge in [0.1, 0.15) is 0 Å². The molecule has 0 aliphatic rings. The summed E-state index contributed by atoms with van der Waals surface area (Å²) in [5.74, 6) is -0.0132. The highest BCUT2D eigenvalue weighted by molar-refractivity contribution is 5.82. The summed E-state index contributed by atoms with van der Waals surface area (Å²) in [5.41, 5.74) is 3.47. The van der Waals surface area contributed by atoms with Gasteiger partial charge in [0.05, 0.1) is 6.21 Å². The number of aromatic nitrogens is 1. The van der Waals surface area contributed by atoms with Crippen molar-refractivity contribution in [1.82, 2.24) is 10.4 Å². The largest absolute Gasteiger partial charge is 0.273 e. The minimum Gasteiger partial charge on any atom is -0.273 e. The van der Waals surface area contributed by atoms with Gasteiger partial charge >= 0.3 is 0 Å². The minimum absolute atomic E-state index is 0.0132. The smallest absolute Gasteiger partial charge is 0.240 e. The molecule has 0 aromatic carbocycles. The van der Waals surface area contributed by atoms with E-state index in [1.807, 2.05) is 12.1 Å². The fraction of sp³-hybridized carbons (Fsp3) is 0.533. The highest BCUT2D eigenvalue weighted by atomic mass is 16.2. The van der Waals surface area contributed by atoms with E-state index in [1.165, 1.54) is 25.7 Å². The Morgan fingerprint density at radius 3 is 2.63 bits per heavy atom. The molecule has 0 bridgehead atoms. The molecular weight excluding hydrogens is 238 g/mol. The molecule has 0 fully saturated rings. The molecule has 1 heterocycles. The van der Waals surface area contributed by atoms with E-state index in [1.54, 1.807) is 18.6 Å². The van der Waals surface area contributed by atoms with Gasteiger partial charge in [-0.15, -0.1) is 0 Å². The van der Waals surface area contributed by atoms with Crippen LogP contribution < -0.4 is 5.43 Å². The Balaban J connectivity index is 2.06. The zero-order valence-electron chi connectivity index (χ0n) is 11.6. The Labute approximate surface area is 115 Å². The highest BCUT2D eigenvalue weighted by Gasteiger charge is 1.98. The summed E-state index contributed by atoms with van der Waals surface area (Å²) in [6.45, 7) is 2.20. The summed E-state index contributed by atoms with van der Waals surface area (Å²) < 4.78 is 0. The van der Waals surface area contributed by atoms with Crippen molar-refractivity contribution >= 4 is 12.1 Å². The Hall–Kier alpha value is -1.71. The van der Waals surface area contributed by atoms with Crippen LogP contribution in [0.4, 0.5) is 0 Å². The predicted molar refractivity (Wildman–Crippen MR) is 78.0 cm³/mol. The molecule has 1 aromatic heterocycles. The lowest BCUT2D eigenvalue weighted by atomic mass is 10.1. The van der Waals surface area contributed by atoms with Crippen LogP contribution in [0.25, 0.3) is 0 Å². The molecule has 0 atom stereocenters. The second kappa shape index (κ2) is 10.2. The molecule has 4 nitrogen and oxygen atoms in total. The molecule has 19 heavy (non-hydrogen) atoms. The SMILES string of the molecule is CCCCCCCCC(=O)N/N=C/c1ccncc1. The maximum Gasteiger partial charge on any atom is 0.240 e. The summed E-state index contributed by atoms with van der Waals surface area (Å²) in [6, 6.07) is 3.67. The van der Waals surface area contributed by atoms with Gasteiger partial charge < -0.3 is 0 Å². The van der Waals surface area contributed by atoms with E-state index in [2.05, 4.69) is 22.4 Å². The molecule has 0 saturated carbocycles. The van der Waals surface area contributed by atoms with Crippen LogP contribution in [0.5, 0.6) is 0 Å². The Bertz CT molecular complexity index is 376. The zero-order valence-corrected chi connectivity index (χ0v) is 11.6. The summed E-state index contributed by atoms with van der Waals surface area (Å²) in [6.07, 6.45) is 12.7. The standard InChI is InChI=1S/C15H23N3O/c1-2-3-4-5-6-7-8-15(19)18-17-13-14-9-11-16-12-10-14/h9-13H,2-8H2,1H3,(H,18,19)/b17-13+. The number of unbranched alkanes of at least 4 members (excludes halogenated alkanes) is 5. The fourth-order valence-electron chi connectivity index (χ4n) is 1.75. The minimum atomic E-state index is -0.0132. The number of rotatable bonds is 9. The molecule has 0 unspecified atom stereocenters. The van der Waals surface area contributed by atoms with Gasteiger partial charge in [0.25, 0.3) is 0 Å². The normalized spacial score (nSPS) is 10.8. The second-order valence-corrected chi connectivity index (χ2v) is 4.59. The number of nitrogens with zero attached hydrogens (tertiary/aromatic N) is 2. The summed E-state index contributed by atoms with van der Waals surface area (Å²) in [5, 5.41) is 3.92. The van der Waals surface area contributed by atoms with Gasteiger partial charge in [-0.1, -0.05) is 39.0 Å². The van der Waals surface area contributed by atoms with Gasteiger partial charge in [-0.3, -0.25) is 9.78 Å². The number of hydrogen-bond acceptors (Lipinski definition) is 3. The first-order valence-electron chi connectivity index (χ1n) is 7.05. The molecule has 1 aromatic rings. The van der Waals surface area contributed by atoms with Crippen LogP contribution in [0.15, 0.2) is 29.6 Å². The summed E-state index contributed by atoms with van der Waals surface area (Å²) in [7, 11) is 0. The van der Waals surface area contributed by atoms with Crippen molar-refractivity contribution in [3.8, 4) is 0 Å². The monoisotopic (exact) mass is 261 g/mol. The number of pyridine rings is 1. The zero-order chi connectivity index (χ0) is 13.8. The van der Waals surface area contributed by atoms with E-state index in [9.17, 15) is 4.79 Å². The number of hydrogen-bond donors (Lipinski definition) is 1. The molecule has 0 radical (unpaired) electrons. The van der Waals surface area contributed by atoms with Crippen molar-refractivity contribution in [3.63, 3.8) is 0 Å². The van der Waals surface area contributed by atoms with Crippen LogP contribution in [-0.4, -0.2) is 17.1 Å². The van der Waals surface area contributed by atoms with Crippen molar-refractivity contribution in [2.24, 2.45) is 5.10 Å². The van der Waals surface area contributed by atoms with Gasteiger partial charge in [-0.05, 0) is 24.1 Å². The number of amides is 1. The first-order valence-corrected chi connectivity index (χ1v) is 7.05.